The van der Waals surface area contributed by atoms with Crippen molar-refractivity contribution in [3.05, 3.63) is 46.3 Å². The van der Waals surface area contributed by atoms with Gasteiger partial charge < -0.3 is 14.6 Å². The number of carbonyl (C=O) groups is 2. The van der Waals surface area contributed by atoms with Crippen molar-refractivity contribution >= 4 is 51.6 Å². The number of amides is 1. The van der Waals surface area contributed by atoms with Crippen LogP contribution < -0.4 is 5.32 Å². The molecule has 3 rings (SSSR count). The zero-order valence-corrected chi connectivity index (χ0v) is 17.5. The predicted octanol–water partition coefficient (Wildman–Crippen LogP) is 4.20. The molecular weight excluding hydrogens is 420 g/mol. The van der Waals surface area contributed by atoms with Gasteiger partial charge in [0.25, 0.3) is 0 Å². The molecule has 0 radical (unpaired) electrons. The summed E-state index contributed by atoms with van der Waals surface area (Å²) in [5, 5.41) is 14.6. The van der Waals surface area contributed by atoms with Crippen LogP contribution in [0.3, 0.4) is 0 Å². The molecule has 0 unspecified atom stereocenters. The molecule has 1 aromatic carbocycles. The first-order chi connectivity index (χ1) is 13.5. The highest BCUT2D eigenvalue weighted by Crippen LogP contribution is 2.27. The summed E-state index contributed by atoms with van der Waals surface area (Å²) in [6.07, 6.45) is 0. The summed E-state index contributed by atoms with van der Waals surface area (Å²) in [7, 11) is 1.30. The minimum absolute atomic E-state index is 0.131. The molecule has 0 aliphatic heterocycles. The van der Waals surface area contributed by atoms with Crippen molar-refractivity contribution in [1.29, 1.82) is 0 Å². The van der Waals surface area contributed by atoms with Crippen LogP contribution in [0.4, 0.5) is 5.00 Å². The van der Waals surface area contributed by atoms with E-state index in [1.807, 2.05) is 29.7 Å². The molecule has 0 aliphatic carbocycles. The minimum atomic E-state index is -0.485. The number of benzene rings is 1. The van der Waals surface area contributed by atoms with Crippen LogP contribution in [-0.4, -0.2) is 39.5 Å². The van der Waals surface area contributed by atoms with Gasteiger partial charge in [-0.05, 0) is 30.5 Å². The Morgan fingerprint density at radius 2 is 2.14 bits per heavy atom. The molecule has 0 atom stereocenters. The van der Waals surface area contributed by atoms with Crippen molar-refractivity contribution in [2.75, 3.05) is 18.2 Å². The molecule has 2 heterocycles. The summed E-state index contributed by atoms with van der Waals surface area (Å²) in [6, 6.07) is 9.00. The van der Waals surface area contributed by atoms with E-state index in [0.29, 0.717) is 33.1 Å². The van der Waals surface area contributed by atoms with Crippen LogP contribution in [0.2, 0.25) is 5.02 Å². The van der Waals surface area contributed by atoms with Gasteiger partial charge in [-0.1, -0.05) is 35.5 Å². The van der Waals surface area contributed by atoms with Gasteiger partial charge in [0.2, 0.25) is 5.91 Å². The number of anilines is 1. The molecule has 1 N–H and O–H groups in total. The van der Waals surface area contributed by atoms with E-state index >= 15 is 0 Å². The minimum Gasteiger partial charge on any atom is -0.465 e. The number of aromatic nitrogens is 3. The maximum Gasteiger partial charge on any atom is 0.340 e. The number of nitrogens with zero attached hydrogens (tertiary/aromatic N) is 3. The number of rotatable bonds is 7. The lowest BCUT2D eigenvalue weighted by Gasteiger charge is -2.08. The lowest BCUT2D eigenvalue weighted by Crippen LogP contribution is -2.16. The quantitative estimate of drug-likeness (QED) is 0.441. The van der Waals surface area contributed by atoms with Gasteiger partial charge in [-0.25, -0.2) is 4.79 Å². The van der Waals surface area contributed by atoms with Crippen LogP contribution >= 0.6 is 34.7 Å². The van der Waals surface area contributed by atoms with Gasteiger partial charge in [0.05, 0.1) is 18.4 Å². The normalized spacial score (nSPS) is 10.7. The van der Waals surface area contributed by atoms with E-state index in [9.17, 15) is 9.59 Å². The molecule has 10 heteroatoms. The molecule has 0 saturated heterocycles. The Kier molecular flexibility index (Phi) is 6.71. The second kappa shape index (κ2) is 9.22. The first-order valence-corrected chi connectivity index (χ1v) is 10.6. The summed E-state index contributed by atoms with van der Waals surface area (Å²) in [5.74, 6) is 0.0967. The SMILES string of the molecule is CCn1c(SCC(=O)Nc2sccc2C(=O)OC)nnc1-c1cccc(Cl)c1. The Hall–Kier alpha value is -2.36. The molecule has 3 aromatic rings. The van der Waals surface area contributed by atoms with E-state index in [-0.39, 0.29) is 11.7 Å². The average Bonchev–Trinajstić information content (AvgIpc) is 3.32. The van der Waals surface area contributed by atoms with Gasteiger partial charge in [0.1, 0.15) is 5.00 Å². The van der Waals surface area contributed by atoms with E-state index in [0.717, 1.165) is 5.56 Å². The number of thioether (sulfide) groups is 1. The molecule has 0 aliphatic rings. The molecule has 1 amide bonds. The Bertz CT molecular complexity index is 1000. The van der Waals surface area contributed by atoms with E-state index in [4.69, 9.17) is 16.3 Å². The van der Waals surface area contributed by atoms with Crippen molar-refractivity contribution in [1.82, 2.24) is 14.8 Å². The number of esters is 1. The van der Waals surface area contributed by atoms with Gasteiger partial charge in [-0.3, -0.25) is 4.79 Å². The number of hydrogen-bond donors (Lipinski definition) is 1. The van der Waals surface area contributed by atoms with Crippen LogP contribution in [0.25, 0.3) is 11.4 Å². The van der Waals surface area contributed by atoms with Gasteiger partial charge in [0.15, 0.2) is 11.0 Å². The summed E-state index contributed by atoms with van der Waals surface area (Å²) < 4.78 is 6.64. The van der Waals surface area contributed by atoms with Crippen molar-refractivity contribution in [3.8, 4) is 11.4 Å². The Balaban J connectivity index is 1.69. The summed E-state index contributed by atoms with van der Waals surface area (Å²) in [5.41, 5.74) is 1.20. The number of halogens is 1. The maximum atomic E-state index is 12.3. The Labute approximate surface area is 175 Å². The summed E-state index contributed by atoms with van der Waals surface area (Å²) in [6.45, 7) is 2.63. The fourth-order valence-corrected chi connectivity index (χ4v) is 4.28. The predicted molar refractivity (Wildman–Crippen MR) is 111 cm³/mol. The second-order valence-electron chi connectivity index (χ2n) is 5.55. The van der Waals surface area contributed by atoms with Gasteiger partial charge in [0, 0.05) is 17.1 Å². The van der Waals surface area contributed by atoms with Crippen LogP contribution in [0, 0.1) is 0 Å². The number of methoxy groups -OCH3 is 1. The highest BCUT2D eigenvalue weighted by Gasteiger charge is 2.18. The second-order valence-corrected chi connectivity index (χ2v) is 7.85. The third-order valence-electron chi connectivity index (χ3n) is 3.77. The van der Waals surface area contributed by atoms with Crippen molar-refractivity contribution in [2.24, 2.45) is 0 Å². The monoisotopic (exact) mass is 436 g/mol. The number of ether oxygens (including phenoxy) is 1. The van der Waals surface area contributed by atoms with E-state index in [1.165, 1.54) is 30.2 Å². The van der Waals surface area contributed by atoms with E-state index in [2.05, 4.69) is 15.5 Å². The maximum absolute atomic E-state index is 12.3. The Morgan fingerprint density at radius 3 is 2.86 bits per heavy atom. The molecule has 7 nitrogen and oxygen atoms in total. The molecule has 0 fully saturated rings. The molecule has 146 valence electrons. The highest BCUT2D eigenvalue weighted by atomic mass is 35.5. The lowest BCUT2D eigenvalue weighted by atomic mass is 10.2. The van der Waals surface area contributed by atoms with Crippen molar-refractivity contribution in [2.45, 2.75) is 18.6 Å². The van der Waals surface area contributed by atoms with Gasteiger partial charge in [-0.2, -0.15) is 0 Å². The van der Waals surface area contributed by atoms with E-state index in [1.54, 1.807) is 17.5 Å². The molecular formula is C18H17ClN4O3S2. The zero-order valence-electron chi connectivity index (χ0n) is 15.1. The summed E-state index contributed by atoms with van der Waals surface area (Å²) >= 11 is 8.61. The zero-order chi connectivity index (χ0) is 20.1. The van der Waals surface area contributed by atoms with Crippen LogP contribution in [0.5, 0.6) is 0 Å². The molecule has 0 saturated carbocycles. The molecule has 0 bridgehead atoms. The van der Waals surface area contributed by atoms with Gasteiger partial charge in [-0.15, -0.1) is 21.5 Å². The molecule has 0 spiro atoms. The summed E-state index contributed by atoms with van der Waals surface area (Å²) in [4.78, 5) is 24.0. The fraction of sp³-hybridized carbons (Fsp3) is 0.222. The lowest BCUT2D eigenvalue weighted by molar-refractivity contribution is -0.113. The highest BCUT2D eigenvalue weighted by molar-refractivity contribution is 7.99. The van der Waals surface area contributed by atoms with Crippen molar-refractivity contribution in [3.63, 3.8) is 0 Å². The van der Waals surface area contributed by atoms with E-state index < -0.39 is 5.97 Å². The fourth-order valence-electron chi connectivity index (χ4n) is 2.49. The van der Waals surface area contributed by atoms with Crippen LogP contribution in [0.1, 0.15) is 17.3 Å². The Morgan fingerprint density at radius 1 is 1.32 bits per heavy atom. The number of carbonyl (C=O) groups excluding carboxylic acids is 2. The molecule has 28 heavy (non-hydrogen) atoms. The number of nitrogens with one attached hydrogen (secondary N) is 1. The van der Waals surface area contributed by atoms with Gasteiger partial charge >= 0.3 is 5.97 Å². The van der Waals surface area contributed by atoms with Crippen molar-refractivity contribution < 1.29 is 14.3 Å². The smallest absolute Gasteiger partial charge is 0.340 e. The topological polar surface area (TPSA) is 86.1 Å². The van der Waals surface area contributed by atoms with Crippen LogP contribution in [-0.2, 0) is 16.1 Å². The molecule has 2 aromatic heterocycles. The van der Waals surface area contributed by atoms with Crippen LogP contribution in [0.15, 0.2) is 40.9 Å². The standard InChI is InChI=1S/C18H17ClN4O3S2/c1-3-23-15(11-5-4-6-12(19)9-11)21-22-18(23)28-10-14(24)20-16-13(7-8-27-16)17(25)26-2/h4-9H,3,10H2,1-2H3,(H,20,24). The largest absolute Gasteiger partial charge is 0.465 e. The first-order valence-electron chi connectivity index (χ1n) is 8.31. The number of hydrogen-bond acceptors (Lipinski definition) is 7. The third kappa shape index (κ3) is 4.54. The average molecular weight is 437 g/mol. The third-order valence-corrected chi connectivity index (χ3v) is 5.80. The number of thiophene rings is 1. The first kappa shape index (κ1) is 20.4.